The van der Waals surface area contributed by atoms with Gasteiger partial charge in [0.2, 0.25) is 0 Å². The van der Waals surface area contributed by atoms with E-state index in [2.05, 4.69) is 20.8 Å². The van der Waals surface area contributed by atoms with Gasteiger partial charge in [-0.2, -0.15) is 0 Å². The monoisotopic (exact) mass is 462 g/mol. The largest absolute Gasteiger partial charge is 0.519 e. The minimum Gasteiger partial charge on any atom is -0.519 e. The number of carbonyl (C=O) groups is 1. The van der Waals surface area contributed by atoms with E-state index in [1.165, 1.54) is 32.1 Å². The van der Waals surface area contributed by atoms with Crippen molar-refractivity contribution in [2.24, 2.45) is 0 Å². The Labute approximate surface area is 189 Å². The van der Waals surface area contributed by atoms with Gasteiger partial charge in [-0.25, -0.2) is 0 Å². The van der Waals surface area contributed by atoms with Crippen LogP contribution in [0.2, 0.25) is 24.2 Å². The number of unbranched alkanes of at least 4 members (excludes halogenated alkanes) is 7. The van der Waals surface area contributed by atoms with Crippen LogP contribution in [-0.4, -0.2) is 42.9 Å². The molecule has 0 atom stereocenters. The lowest BCUT2D eigenvalue weighted by Crippen LogP contribution is -2.45. The van der Waals surface area contributed by atoms with Crippen LogP contribution in [-0.2, 0) is 22.5 Å². The number of carbonyl (C=O) groups excluding carboxylic acids is 1. The maximum Gasteiger partial charge on any atom is 0.500 e. The summed E-state index contributed by atoms with van der Waals surface area (Å²) in [6.07, 6.45) is 9.95. The third kappa shape index (κ3) is 12.6. The Hall–Kier alpha value is -0.216. The lowest BCUT2D eigenvalue weighted by molar-refractivity contribution is -0.135. The molecule has 0 amide bonds. The third-order valence-corrected chi connectivity index (χ3v) is 13.6. The fourth-order valence-corrected chi connectivity index (χ4v) is 9.14. The van der Waals surface area contributed by atoms with Gasteiger partial charge in [-0.1, -0.05) is 59.3 Å². The van der Waals surface area contributed by atoms with Crippen LogP contribution in [0.25, 0.3) is 0 Å². The van der Waals surface area contributed by atoms with Crippen LogP contribution in [0.4, 0.5) is 0 Å². The number of hydrogen-bond donors (Lipinski definition) is 0. The molecule has 0 aromatic heterocycles. The Morgan fingerprint density at radius 2 is 1.00 bits per heavy atom. The topological polar surface area (TPSA) is 54.0 Å². The van der Waals surface area contributed by atoms with E-state index in [0.29, 0.717) is 26.2 Å². The van der Waals surface area contributed by atoms with Crippen molar-refractivity contribution >= 4 is 23.1 Å². The molecule has 0 aromatic rings. The van der Waals surface area contributed by atoms with Crippen molar-refractivity contribution in [3.8, 4) is 0 Å². The van der Waals surface area contributed by atoms with Crippen molar-refractivity contribution in [3.63, 3.8) is 0 Å². The van der Waals surface area contributed by atoms with Gasteiger partial charge >= 0.3 is 8.80 Å². The van der Waals surface area contributed by atoms with Crippen LogP contribution in [0.15, 0.2) is 0 Å². The molecule has 0 aliphatic carbocycles. The first-order valence-corrected chi connectivity index (χ1v) is 17.1. The van der Waals surface area contributed by atoms with Crippen LogP contribution in [0.5, 0.6) is 0 Å². The van der Waals surface area contributed by atoms with Crippen molar-refractivity contribution < 1.29 is 22.5 Å². The fraction of sp³-hybridized carbons (Fsp3) is 0.957. The zero-order chi connectivity index (χ0) is 22.7. The van der Waals surface area contributed by atoms with Gasteiger partial charge < -0.3 is 17.7 Å². The van der Waals surface area contributed by atoms with Gasteiger partial charge in [-0.3, -0.25) is 4.79 Å². The Morgan fingerprint density at radius 1 is 0.600 bits per heavy atom. The second-order valence-electron chi connectivity index (χ2n) is 8.03. The molecule has 0 unspecified atom stereocenters. The SMILES string of the molecule is CCO[Si](CCCCCCCCCCC(=O)O[Si](CC)(CC)CC)(OCC)OCC. The summed E-state index contributed by atoms with van der Waals surface area (Å²) in [7, 11) is -4.24. The van der Waals surface area contributed by atoms with Crippen molar-refractivity contribution in [2.75, 3.05) is 19.8 Å². The van der Waals surface area contributed by atoms with Gasteiger partial charge in [0.25, 0.3) is 14.3 Å². The maximum atomic E-state index is 12.1. The lowest BCUT2D eigenvalue weighted by atomic mass is 10.1. The quantitative estimate of drug-likeness (QED) is 0.134. The van der Waals surface area contributed by atoms with Crippen molar-refractivity contribution in [1.29, 1.82) is 0 Å². The van der Waals surface area contributed by atoms with E-state index in [1.54, 1.807) is 0 Å². The predicted octanol–water partition coefficient (Wildman–Crippen LogP) is 7.09. The average Bonchev–Trinajstić information content (AvgIpc) is 2.74. The highest BCUT2D eigenvalue weighted by Gasteiger charge is 2.39. The summed E-state index contributed by atoms with van der Waals surface area (Å²) in [6, 6.07) is 4.03. The summed E-state index contributed by atoms with van der Waals surface area (Å²) < 4.78 is 23.6. The molecule has 7 heteroatoms. The number of hydrogen-bond acceptors (Lipinski definition) is 5. The molecule has 0 radical (unpaired) electrons. The summed E-state index contributed by atoms with van der Waals surface area (Å²) in [4.78, 5) is 12.1. The minimum atomic E-state index is -2.46. The molecule has 0 rings (SSSR count). The molecule has 5 nitrogen and oxygen atoms in total. The van der Waals surface area contributed by atoms with Crippen LogP contribution in [0, 0.1) is 0 Å². The normalized spacial score (nSPS) is 12.3. The zero-order valence-corrected chi connectivity index (χ0v) is 22.9. The summed E-state index contributed by atoms with van der Waals surface area (Å²) in [5, 5.41) is 0. The molecule has 0 heterocycles. The fourth-order valence-electron chi connectivity index (χ4n) is 3.93. The molecule has 0 bridgehead atoms. The van der Waals surface area contributed by atoms with E-state index in [0.717, 1.165) is 43.4 Å². The molecule has 0 fully saturated rings. The summed E-state index contributed by atoms with van der Waals surface area (Å²) in [5.74, 6) is 0.0396. The molecule has 0 spiro atoms. The molecule has 0 N–H and O–H groups in total. The van der Waals surface area contributed by atoms with Gasteiger partial charge in [0.15, 0.2) is 0 Å². The molecule has 0 saturated carbocycles. The second-order valence-corrected chi connectivity index (χ2v) is 15.5. The summed E-state index contributed by atoms with van der Waals surface area (Å²) >= 11 is 0. The van der Waals surface area contributed by atoms with Crippen molar-refractivity contribution in [1.82, 2.24) is 0 Å². The van der Waals surface area contributed by atoms with Gasteiger partial charge in [-0.15, -0.1) is 0 Å². The molecular weight excluding hydrogens is 412 g/mol. The van der Waals surface area contributed by atoms with E-state index in [4.69, 9.17) is 17.7 Å². The first-order valence-electron chi connectivity index (χ1n) is 12.6. The highest BCUT2D eigenvalue weighted by atomic mass is 28.4. The minimum absolute atomic E-state index is 0.0396. The van der Waals surface area contributed by atoms with E-state index in [1.807, 2.05) is 20.8 Å². The molecular formula is C23H50O5Si2. The van der Waals surface area contributed by atoms with Crippen LogP contribution in [0.1, 0.15) is 99.3 Å². The Morgan fingerprint density at radius 3 is 1.40 bits per heavy atom. The Kier molecular flexibility index (Phi) is 18.2. The van der Waals surface area contributed by atoms with E-state index in [-0.39, 0.29) is 5.97 Å². The van der Waals surface area contributed by atoms with Crippen LogP contribution < -0.4 is 0 Å². The lowest BCUT2D eigenvalue weighted by Gasteiger charge is -2.28. The van der Waals surface area contributed by atoms with Gasteiger partial charge in [-0.05, 0) is 51.7 Å². The van der Waals surface area contributed by atoms with Crippen molar-refractivity contribution in [3.05, 3.63) is 0 Å². The first kappa shape index (κ1) is 29.8. The highest BCUT2D eigenvalue weighted by Crippen LogP contribution is 2.23. The van der Waals surface area contributed by atoms with Crippen molar-refractivity contribution in [2.45, 2.75) is 124 Å². The van der Waals surface area contributed by atoms with Crippen LogP contribution in [0.3, 0.4) is 0 Å². The standard InChI is InChI=1S/C23H50O5Si2/c1-7-25-30(26-8-2,27-9-3)22-20-18-16-14-13-15-17-19-21-23(24)28-29(10-4,11-5)12-6/h7-22H2,1-6H3. The highest BCUT2D eigenvalue weighted by molar-refractivity contribution is 6.74. The Bertz CT molecular complexity index is 391. The van der Waals surface area contributed by atoms with Gasteiger partial charge in [0, 0.05) is 32.3 Å². The summed E-state index contributed by atoms with van der Waals surface area (Å²) in [5.41, 5.74) is 0. The first-order chi connectivity index (χ1) is 14.5. The zero-order valence-electron chi connectivity index (χ0n) is 20.9. The summed E-state index contributed by atoms with van der Waals surface area (Å²) in [6.45, 7) is 14.5. The van der Waals surface area contributed by atoms with E-state index >= 15 is 0 Å². The predicted molar refractivity (Wildman–Crippen MR) is 130 cm³/mol. The van der Waals surface area contributed by atoms with Gasteiger partial charge in [0.05, 0.1) is 0 Å². The van der Waals surface area contributed by atoms with Crippen LogP contribution >= 0.6 is 0 Å². The smallest absolute Gasteiger partial charge is 0.500 e. The average molecular weight is 463 g/mol. The van der Waals surface area contributed by atoms with E-state index in [9.17, 15) is 4.79 Å². The Balaban J connectivity index is 3.84. The molecule has 180 valence electrons. The molecule has 0 aliphatic rings. The number of rotatable bonds is 21. The van der Waals surface area contributed by atoms with E-state index < -0.39 is 17.1 Å². The maximum absolute atomic E-state index is 12.1. The molecule has 0 aromatic carbocycles. The second kappa shape index (κ2) is 18.4. The third-order valence-electron chi connectivity index (χ3n) is 5.97. The molecule has 0 saturated heterocycles. The van der Waals surface area contributed by atoms with Gasteiger partial charge in [0.1, 0.15) is 0 Å². The molecule has 30 heavy (non-hydrogen) atoms. The molecule has 0 aliphatic heterocycles.